The molecule has 0 radical (unpaired) electrons. The van der Waals surface area contributed by atoms with Gasteiger partial charge in [-0.05, 0) is 63.1 Å². The van der Waals surface area contributed by atoms with Crippen molar-refractivity contribution in [3.8, 4) is 0 Å². The lowest BCUT2D eigenvalue weighted by atomic mass is 9.46. The van der Waals surface area contributed by atoms with E-state index >= 15 is 0 Å². The predicted molar refractivity (Wildman–Crippen MR) is 110 cm³/mol. The molecule has 5 rings (SSSR count). The highest BCUT2D eigenvalue weighted by atomic mass is 16.5. The number of nitrogens with zero attached hydrogens (tertiary/aromatic N) is 1. The Morgan fingerprint density at radius 1 is 1.30 bits per heavy atom. The summed E-state index contributed by atoms with van der Waals surface area (Å²) >= 11 is 0. The maximum absolute atomic E-state index is 13.5. The minimum atomic E-state index is -1.48. The summed E-state index contributed by atoms with van der Waals surface area (Å²) in [6, 6.07) is 0. The molecule has 3 saturated carbocycles. The molecule has 0 aromatic heterocycles. The molecule has 30 heavy (non-hydrogen) atoms. The van der Waals surface area contributed by atoms with E-state index in [1.165, 1.54) is 0 Å². The summed E-state index contributed by atoms with van der Waals surface area (Å²) in [5.41, 5.74) is -1.38. The largest absolute Gasteiger partial charge is 0.393 e. The van der Waals surface area contributed by atoms with Crippen LogP contribution in [0.15, 0.2) is 23.8 Å². The molecule has 0 amide bonds. The van der Waals surface area contributed by atoms with Crippen molar-refractivity contribution in [2.45, 2.75) is 63.9 Å². The molecular formula is C24H33NO5. The molecule has 1 heterocycles. The van der Waals surface area contributed by atoms with E-state index in [-0.39, 0.29) is 34.7 Å². The number of carbonyl (C=O) groups excluding carboxylic acids is 2. The average molecular weight is 416 g/mol. The first-order chi connectivity index (χ1) is 14.1. The molecule has 3 unspecified atom stereocenters. The smallest absolute Gasteiger partial charge is 0.208 e. The third-order valence-electron chi connectivity index (χ3n) is 9.40. The van der Waals surface area contributed by atoms with E-state index in [2.05, 4.69) is 6.92 Å². The zero-order valence-corrected chi connectivity index (χ0v) is 18.1. The van der Waals surface area contributed by atoms with Gasteiger partial charge in [0.25, 0.3) is 0 Å². The number of aliphatic hydroxyl groups is 2. The maximum atomic E-state index is 13.5. The van der Waals surface area contributed by atoms with Gasteiger partial charge in [-0.15, -0.1) is 0 Å². The van der Waals surface area contributed by atoms with Crippen LogP contribution >= 0.6 is 0 Å². The second kappa shape index (κ2) is 6.58. The van der Waals surface area contributed by atoms with Crippen LogP contribution in [0.4, 0.5) is 0 Å². The van der Waals surface area contributed by atoms with E-state index < -0.39 is 23.3 Å². The van der Waals surface area contributed by atoms with Gasteiger partial charge in [-0.1, -0.05) is 25.5 Å². The lowest BCUT2D eigenvalue weighted by Gasteiger charge is -2.59. The van der Waals surface area contributed by atoms with Gasteiger partial charge in [0.1, 0.15) is 5.60 Å². The second-order valence-electron chi connectivity index (χ2n) is 10.7. The topological polar surface area (TPSA) is 87.1 Å². The van der Waals surface area contributed by atoms with Gasteiger partial charge in [0.2, 0.25) is 5.78 Å². The van der Waals surface area contributed by atoms with Gasteiger partial charge in [-0.3, -0.25) is 14.5 Å². The van der Waals surface area contributed by atoms with Crippen LogP contribution in [0.5, 0.6) is 0 Å². The van der Waals surface area contributed by atoms with Crippen molar-refractivity contribution < 1.29 is 24.5 Å². The van der Waals surface area contributed by atoms with Crippen LogP contribution in [0.3, 0.4) is 0 Å². The number of hydrogen-bond donors (Lipinski definition) is 2. The summed E-state index contributed by atoms with van der Waals surface area (Å²) in [6.07, 6.45) is 7.33. The van der Waals surface area contributed by atoms with Crippen molar-refractivity contribution in [3.05, 3.63) is 23.8 Å². The van der Waals surface area contributed by atoms with Crippen molar-refractivity contribution in [1.29, 1.82) is 0 Å². The average Bonchev–Trinajstić information content (AvgIpc) is 3.23. The van der Waals surface area contributed by atoms with Gasteiger partial charge >= 0.3 is 0 Å². The monoisotopic (exact) mass is 415 g/mol. The molecule has 0 spiro atoms. The van der Waals surface area contributed by atoms with Crippen molar-refractivity contribution >= 4 is 11.6 Å². The number of Topliss-reactive ketones (excluding diaryl/α,β-unsaturated/α-hetero) is 1. The van der Waals surface area contributed by atoms with Gasteiger partial charge in [-0.2, -0.15) is 0 Å². The molecular weight excluding hydrogens is 382 g/mol. The number of ketones is 2. The van der Waals surface area contributed by atoms with Gasteiger partial charge in [-0.25, -0.2) is 0 Å². The van der Waals surface area contributed by atoms with Gasteiger partial charge < -0.3 is 14.9 Å². The standard InChI is InChI=1S/C24H33NO5/c1-22-8-6-15(26)12-14(22)4-5-16-17-7-9-24(29,20(28)21-25(3)10-11-30-21)23(17,2)13-18(27)19(16)22/h6,8,12,16-19,21,27,29H,4-5,7,9-11,13H2,1-3H3/t16-,17-,18?,19+,21?,22-,23-,24?/m0/s1. The Kier molecular flexibility index (Phi) is 4.51. The highest BCUT2D eigenvalue weighted by Crippen LogP contribution is 2.67. The third kappa shape index (κ3) is 2.51. The Morgan fingerprint density at radius 3 is 2.77 bits per heavy atom. The van der Waals surface area contributed by atoms with Gasteiger partial charge in [0.05, 0.1) is 12.7 Å². The van der Waals surface area contributed by atoms with Crippen molar-refractivity contribution in [3.63, 3.8) is 0 Å². The van der Waals surface area contributed by atoms with Crippen LogP contribution in [0.25, 0.3) is 0 Å². The van der Waals surface area contributed by atoms with Crippen LogP contribution in [-0.2, 0) is 14.3 Å². The number of ether oxygens (including phenoxy) is 1. The summed E-state index contributed by atoms with van der Waals surface area (Å²) in [5.74, 6) is 0.156. The van der Waals surface area contributed by atoms with Gasteiger partial charge in [0.15, 0.2) is 12.0 Å². The number of carbonyl (C=O) groups is 2. The van der Waals surface area contributed by atoms with Crippen LogP contribution < -0.4 is 0 Å². The molecule has 164 valence electrons. The van der Waals surface area contributed by atoms with Crippen molar-refractivity contribution in [2.75, 3.05) is 20.2 Å². The zero-order valence-electron chi connectivity index (χ0n) is 18.1. The number of fused-ring (bicyclic) bond motifs is 5. The van der Waals surface area contributed by atoms with Gasteiger partial charge in [0, 0.05) is 23.3 Å². The van der Waals surface area contributed by atoms with Crippen LogP contribution in [0, 0.1) is 28.6 Å². The lowest BCUT2D eigenvalue weighted by molar-refractivity contribution is -0.186. The molecule has 8 atom stereocenters. The van der Waals surface area contributed by atoms with E-state index in [1.807, 2.05) is 24.9 Å². The fourth-order valence-corrected chi connectivity index (χ4v) is 7.77. The summed E-state index contributed by atoms with van der Waals surface area (Å²) in [7, 11) is 1.85. The quantitative estimate of drug-likeness (QED) is 0.716. The normalized spacial score (nSPS) is 50.6. The summed E-state index contributed by atoms with van der Waals surface area (Å²) in [6.45, 7) is 5.32. The fourth-order valence-electron chi connectivity index (χ4n) is 7.77. The molecule has 4 fully saturated rings. The third-order valence-corrected chi connectivity index (χ3v) is 9.40. The molecule has 1 aliphatic heterocycles. The molecule has 5 aliphatic rings. The van der Waals surface area contributed by atoms with E-state index in [4.69, 9.17) is 4.74 Å². The Labute approximate surface area is 178 Å². The van der Waals surface area contributed by atoms with Crippen LogP contribution in [0.1, 0.15) is 46.0 Å². The lowest BCUT2D eigenvalue weighted by Crippen LogP contribution is -2.63. The number of hydrogen-bond acceptors (Lipinski definition) is 6. The predicted octanol–water partition coefficient (Wildman–Crippen LogP) is 1.85. The SMILES string of the molecule is CN1CCOC1C(=O)C1(O)CC[C@H]2[C@@H]3CCC4=CC(=O)C=C[C@]4(C)[C@H]3C(O)C[C@@]21C. The van der Waals surface area contributed by atoms with Crippen LogP contribution in [-0.4, -0.2) is 64.8 Å². The number of allylic oxidation sites excluding steroid dienone is 4. The van der Waals surface area contributed by atoms with Crippen LogP contribution in [0.2, 0.25) is 0 Å². The molecule has 0 aromatic carbocycles. The zero-order chi connectivity index (χ0) is 21.5. The number of rotatable bonds is 2. The highest BCUT2D eigenvalue weighted by Gasteiger charge is 2.69. The molecule has 0 bridgehead atoms. The maximum Gasteiger partial charge on any atom is 0.208 e. The Hall–Kier alpha value is -1.34. The first kappa shape index (κ1) is 20.6. The molecule has 6 nitrogen and oxygen atoms in total. The minimum absolute atomic E-state index is 0.00258. The Morgan fingerprint density at radius 2 is 2.07 bits per heavy atom. The van der Waals surface area contributed by atoms with Crippen molar-refractivity contribution in [1.82, 2.24) is 4.90 Å². The summed E-state index contributed by atoms with van der Waals surface area (Å²) < 4.78 is 5.66. The summed E-state index contributed by atoms with van der Waals surface area (Å²) in [4.78, 5) is 27.3. The van der Waals surface area contributed by atoms with E-state index in [0.717, 1.165) is 24.8 Å². The Balaban J connectivity index is 1.50. The first-order valence-electron chi connectivity index (χ1n) is 11.3. The van der Waals surface area contributed by atoms with E-state index in [1.54, 1.807) is 12.2 Å². The molecule has 6 heteroatoms. The Bertz CT molecular complexity index is 851. The molecule has 4 aliphatic carbocycles. The minimum Gasteiger partial charge on any atom is -0.393 e. The number of likely N-dealkylation sites (N-methyl/N-ethyl adjacent to an activating group) is 1. The van der Waals surface area contributed by atoms with E-state index in [9.17, 15) is 19.8 Å². The molecule has 2 N–H and O–H groups in total. The van der Waals surface area contributed by atoms with Crippen molar-refractivity contribution in [2.24, 2.45) is 28.6 Å². The molecule has 0 aromatic rings. The summed E-state index contributed by atoms with van der Waals surface area (Å²) in [5, 5.41) is 23.2. The number of aliphatic hydroxyl groups excluding tert-OH is 1. The van der Waals surface area contributed by atoms with E-state index in [0.29, 0.717) is 26.0 Å². The second-order valence-corrected chi connectivity index (χ2v) is 10.7. The molecule has 1 saturated heterocycles. The highest BCUT2D eigenvalue weighted by molar-refractivity contribution is 6.01. The first-order valence-corrected chi connectivity index (χ1v) is 11.3. The fraction of sp³-hybridized carbons (Fsp3) is 0.750.